The van der Waals surface area contributed by atoms with Gasteiger partial charge in [-0.15, -0.1) is 0 Å². The quantitative estimate of drug-likeness (QED) is 0.882. The topological polar surface area (TPSA) is 58.5 Å². The summed E-state index contributed by atoms with van der Waals surface area (Å²) in [6.07, 6.45) is 8.02. The van der Waals surface area contributed by atoms with Crippen LogP contribution in [0.2, 0.25) is 0 Å². The molecule has 0 amide bonds. The molecule has 0 aliphatic carbocycles. The summed E-state index contributed by atoms with van der Waals surface area (Å²) in [7, 11) is -3.46. The molecule has 0 radical (unpaired) electrons. The number of benzene rings is 1. The van der Waals surface area contributed by atoms with Crippen molar-refractivity contribution in [2.24, 2.45) is 5.10 Å². The van der Waals surface area contributed by atoms with Crippen molar-refractivity contribution in [3.8, 4) is 0 Å². The summed E-state index contributed by atoms with van der Waals surface area (Å²) in [4.78, 5) is -0.0578. The molecule has 0 spiro atoms. The first-order valence-corrected chi connectivity index (χ1v) is 9.06. The van der Waals surface area contributed by atoms with E-state index >= 15 is 0 Å². The third kappa shape index (κ3) is 4.53. The highest BCUT2D eigenvalue weighted by Gasteiger charge is 2.14. The summed E-state index contributed by atoms with van der Waals surface area (Å²) in [6.45, 7) is 1.84. The maximum absolute atomic E-state index is 14.4. The van der Waals surface area contributed by atoms with Crippen LogP contribution in [0.4, 0.5) is 4.39 Å². The van der Waals surface area contributed by atoms with Gasteiger partial charge in [0.2, 0.25) is 0 Å². The van der Waals surface area contributed by atoms with Crippen LogP contribution >= 0.6 is 11.6 Å². The molecule has 7 heteroatoms. The lowest BCUT2D eigenvalue weighted by molar-refractivity contribution is 0.595. The van der Waals surface area contributed by atoms with Crippen molar-refractivity contribution >= 4 is 33.2 Å². The first-order chi connectivity index (χ1) is 10.8. The van der Waals surface area contributed by atoms with E-state index in [1.807, 2.05) is 6.92 Å². The average molecular weight is 355 g/mol. The van der Waals surface area contributed by atoms with E-state index in [-0.39, 0.29) is 4.90 Å². The number of halogens is 2. The van der Waals surface area contributed by atoms with Crippen LogP contribution in [0.25, 0.3) is 5.57 Å². The van der Waals surface area contributed by atoms with E-state index in [9.17, 15) is 12.8 Å². The SMILES string of the molecule is C\C1=C(c2ccc(S(C)(=O)=O)cc2F)/C=C(Cl)\C=C\N/N=C\C1. The predicted molar refractivity (Wildman–Crippen MR) is 91.4 cm³/mol. The highest BCUT2D eigenvalue weighted by atomic mass is 35.5. The number of nitrogens with zero attached hydrogens (tertiary/aromatic N) is 1. The monoisotopic (exact) mass is 354 g/mol. The van der Waals surface area contributed by atoms with Gasteiger partial charge >= 0.3 is 0 Å². The zero-order valence-electron chi connectivity index (χ0n) is 12.7. The van der Waals surface area contributed by atoms with Crippen LogP contribution < -0.4 is 5.43 Å². The molecule has 0 bridgehead atoms. The van der Waals surface area contributed by atoms with Gasteiger partial charge in [0.25, 0.3) is 0 Å². The molecule has 1 aliphatic rings. The number of hydrogen-bond acceptors (Lipinski definition) is 4. The van der Waals surface area contributed by atoms with Crippen LogP contribution in [0.1, 0.15) is 18.9 Å². The largest absolute Gasteiger partial charge is 0.286 e. The van der Waals surface area contributed by atoms with Crippen LogP contribution in [-0.2, 0) is 9.84 Å². The number of nitrogens with one attached hydrogen (secondary N) is 1. The molecular weight excluding hydrogens is 339 g/mol. The van der Waals surface area contributed by atoms with Crippen LogP contribution in [0.15, 0.2) is 57.2 Å². The molecule has 0 atom stereocenters. The van der Waals surface area contributed by atoms with Crippen LogP contribution in [0.3, 0.4) is 0 Å². The van der Waals surface area contributed by atoms with E-state index in [4.69, 9.17) is 11.6 Å². The van der Waals surface area contributed by atoms with Gasteiger partial charge in [0, 0.05) is 35.7 Å². The molecule has 0 saturated heterocycles. The second-order valence-corrected chi connectivity index (χ2v) is 7.57. The third-order valence-electron chi connectivity index (χ3n) is 3.28. The summed E-state index contributed by atoms with van der Waals surface area (Å²) in [6, 6.07) is 3.87. The lowest BCUT2D eigenvalue weighted by Gasteiger charge is -2.11. The molecule has 2 rings (SSSR count). The number of rotatable bonds is 2. The number of hydrogen-bond donors (Lipinski definition) is 1. The smallest absolute Gasteiger partial charge is 0.175 e. The minimum Gasteiger partial charge on any atom is -0.286 e. The molecule has 1 N–H and O–H groups in total. The summed E-state index contributed by atoms with van der Waals surface area (Å²) < 4.78 is 37.5. The van der Waals surface area contributed by atoms with E-state index in [1.165, 1.54) is 12.1 Å². The Bertz CT molecular complexity index is 840. The van der Waals surface area contributed by atoms with Gasteiger partial charge in [-0.1, -0.05) is 23.2 Å². The van der Waals surface area contributed by atoms with Gasteiger partial charge in [-0.25, -0.2) is 12.8 Å². The van der Waals surface area contributed by atoms with Crippen LogP contribution in [-0.4, -0.2) is 20.9 Å². The van der Waals surface area contributed by atoms with Gasteiger partial charge in [0.05, 0.1) is 4.90 Å². The molecule has 23 heavy (non-hydrogen) atoms. The van der Waals surface area contributed by atoms with E-state index < -0.39 is 15.7 Å². The van der Waals surface area contributed by atoms with Crippen molar-refractivity contribution in [2.45, 2.75) is 18.2 Å². The van der Waals surface area contributed by atoms with Crippen molar-refractivity contribution in [3.63, 3.8) is 0 Å². The van der Waals surface area contributed by atoms with Crippen molar-refractivity contribution < 1.29 is 12.8 Å². The summed E-state index contributed by atoms with van der Waals surface area (Å²) in [5, 5.41) is 4.36. The molecule has 1 heterocycles. The molecule has 0 saturated carbocycles. The maximum atomic E-state index is 14.4. The highest BCUT2D eigenvalue weighted by molar-refractivity contribution is 7.90. The second-order valence-electron chi connectivity index (χ2n) is 5.12. The van der Waals surface area contributed by atoms with Crippen LogP contribution in [0, 0.1) is 5.82 Å². The molecule has 0 fully saturated rings. The molecule has 0 unspecified atom stereocenters. The molecule has 1 aliphatic heterocycles. The molecule has 0 aromatic heterocycles. The van der Waals surface area contributed by atoms with Gasteiger partial charge in [-0.3, -0.25) is 5.43 Å². The van der Waals surface area contributed by atoms with Crippen LogP contribution in [0.5, 0.6) is 0 Å². The zero-order chi connectivity index (χ0) is 17.0. The number of sulfone groups is 1. The Hall–Kier alpha value is -1.92. The van der Waals surface area contributed by atoms with Crippen molar-refractivity contribution in [1.29, 1.82) is 0 Å². The van der Waals surface area contributed by atoms with E-state index in [0.717, 1.165) is 17.9 Å². The number of hydrazone groups is 1. The minimum absolute atomic E-state index is 0.0578. The first kappa shape index (κ1) is 17.4. The molecular formula is C16H16ClFN2O2S. The van der Waals surface area contributed by atoms with Crippen molar-refractivity contribution in [1.82, 2.24) is 5.43 Å². The average Bonchev–Trinajstić information content (AvgIpc) is 2.47. The second kappa shape index (κ2) is 7.10. The first-order valence-electron chi connectivity index (χ1n) is 6.79. The summed E-state index contributed by atoms with van der Waals surface area (Å²) in [5.41, 5.74) is 4.45. The Kier molecular flexibility index (Phi) is 5.38. The zero-order valence-corrected chi connectivity index (χ0v) is 14.2. The normalized spacial score (nSPS) is 24.3. The Morgan fingerprint density at radius 1 is 1.35 bits per heavy atom. The maximum Gasteiger partial charge on any atom is 0.175 e. The minimum atomic E-state index is -3.46. The Balaban J connectivity index is 2.59. The fourth-order valence-corrected chi connectivity index (χ4v) is 2.87. The van der Waals surface area contributed by atoms with Crippen molar-refractivity contribution in [2.75, 3.05) is 6.26 Å². The van der Waals surface area contributed by atoms with Crippen molar-refractivity contribution in [3.05, 3.63) is 58.5 Å². The van der Waals surface area contributed by atoms with E-state index in [0.29, 0.717) is 22.6 Å². The molecule has 1 aromatic carbocycles. The standard InChI is InChI=1S/C16H16ClFN2O2S/c1-11-5-7-19-20-8-6-12(17)9-15(11)14-4-3-13(10-16(14)18)23(2,21)22/h3-4,6-10,20H,5H2,1-2H3/b8-6+,12-9+,15-11-,19-7-. The summed E-state index contributed by atoms with van der Waals surface area (Å²) >= 11 is 6.12. The third-order valence-corrected chi connectivity index (χ3v) is 4.63. The lowest BCUT2D eigenvalue weighted by atomic mass is 9.98. The molecule has 122 valence electrons. The summed E-state index contributed by atoms with van der Waals surface area (Å²) in [5.74, 6) is -0.612. The Labute approximate surface area is 140 Å². The number of allylic oxidation sites excluding steroid dienone is 5. The molecule has 4 nitrogen and oxygen atoms in total. The highest BCUT2D eigenvalue weighted by Crippen LogP contribution is 2.28. The van der Waals surface area contributed by atoms with Gasteiger partial charge in [-0.05, 0) is 36.8 Å². The lowest BCUT2D eigenvalue weighted by Crippen LogP contribution is -2.01. The predicted octanol–water partition coefficient (Wildman–Crippen LogP) is 3.62. The van der Waals surface area contributed by atoms with Gasteiger partial charge in [0.15, 0.2) is 9.84 Å². The van der Waals surface area contributed by atoms with Gasteiger partial charge in [-0.2, -0.15) is 5.10 Å². The Morgan fingerprint density at radius 3 is 2.74 bits per heavy atom. The fraction of sp³-hybridized carbons (Fsp3) is 0.188. The van der Waals surface area contributed by atoms with E-state index in [2.05, 4.69) is 10.5 Å². The van der Waals surface area contributed by atoms with Gasteiger partial charge in [0.1, 0.15) is 5.82 Å². The van der Waals surface area contributed by atoms with Gasteiger partial charge < -0.3 is 0 Å². The fourth-order valence-electron chi connectivity index (χ4n) is 2.07. The molecule has 1 aromatic rings. The Morgan fingerprint density at radius 2 is 2.09 bits per heavy atom. The van der Waals surface area contributed by atoms with E-state index in [1.54, 1.807) is 24.6 Å².